The molecular weight excluding hydrogens is 434 g/mol. The van der Waals surface area contributed by atoms with Crippen molar-refractivity contribution in [1.82, 2.24) is 0 Å². The third-order valence-electron chi connectivity index (χ3n) is 1.20. The Bertz CT molecular complexity index is 114. The topological polar surface area (TPSA) is 55.0 Å². The Balaban J connectivity index is -0.000000405. The van der Waals surface area contributed by atoms with E-state index >= 15 is 0 Å². The van der Waals surface area contributed by atoms with Crippen molar-refractivity contribution in [3.63, 3.8) is 0 Å². The average molecular weight is 448 g/mol. The van der Waals surface area contributed by atoms with Gasteiger partial charge in [0, 0.05) is 5.91 Å². The number of hydrogen-bond donors (Lipinski definition) is 0. The summed E-state index contributed by atoms with van der Waals surface area (Å²) in [7, 11) is 0. The molecule has 0 saturated heterocycles. The molecule has 0 spiro atoms. The van der Waals surface area contributed by atoms with Gasteiger partial charge in [0.1, 0.15) is 0 Å². The number of hydrogen-bond acceptors (Lipinski definition) is 1. The number of carbonyl (C=O) groups excluding carboxylic acids is 1. The van der Waals surface area contributed by atoms with Crippen LogP contribution in [-0.2, 0) is 4.79 Å². The van der Waals surface area contributed by atoms with Crippen LogP contribution in [0.25, 0.3) is 11.1 Å². The summed E-state index contributed by atoms with van der Waals surface area (Å²) in [5.74, 6) is -0.274. The first-order valence-corrected chi connectivity index (χ1v) is 3.64. The second-order valence-corrected chi connectivity index (χ2v) is 2.18. The van der Waals surface area contributed by atoms with E-state index in [4.69, 9.17) is 5.73 Å². The summed E-state index contributed by atoms with van der Waals surface area (Å²) in [6.07, 6.45) is 1.44. The van der Waals surface area contributed by atoms with E-state index in [0.29, 0.717) is 13.0 Å². The Morgan fingerprint density at radius 1 is 1.50 bits per heavy atom. The number of amides is 1. The summed E-state index contributed by atoms with van der Waals surface area (Å²) < 4.78 is 0. The Kier molecular flexibility index (Phi) is 16.6. The van der Waals surface area contributed by atoms with Crippen LogP contribution in [0.3, 0.4) is 0 Å². The Morgan fingerprint density at radius 3 is 2.33 bits per heavy atom. The maximum Gasteiger partial charge on any atom is 1.00 e. The standard InChI is InChI=1S/C7H15N2O.K.Rf/c1-3-5-9-7(10)6(8)4-2;;/h6,8H,3-5H2,1-2H3,(H,9,10);;/q-1;+1;/p-1. The van der Waals surface area contributed by atoms with Crippen LogP contribution in [-0.4, -0.2) is 18.5 Å². The molecule has 0 aromatic carbocycles. The molecule has 0 bridgehead atoms. The molecule has 1 atom stereocenters. The largest absolute Gasteiger partial charge is 1.00 e. The van der Waals surface area contributed by atoms with Crippen LogP contribution in [0.1, 0.15) is 26.7 Å². The average Bonchev–Trinajstić information content (AvgIpc) is 1.98. The van der Waals surface area contributed by atoms with Crippen molar-refractivity contribution in [1.29, 1.82) is 0 Å². The van der Waals surface area contributed by atoms with Gasteiger partial charge in [-0.15, -0.1) is 6.54 Å². The third kappa shape index (κ3) is 8.17. The Labute approximate surface area is 111 Å². The van der Waals surface area contributed by atoms with Gasteiger partial charge in [0.05, 0.1) is 0 Å². The van der Waals surface area contributed by atoms with Crippen molar-refractivity contribution in [2.45, 2.75) is 32.7 Å². The monoisotopic (exact) mass is 448 g/mol. The van der Waals surface area contributed by atoms with Gasteiger partial charge in [-0.25, -0.2) is 0 Å². The van der Waals surface area contributed by atoms with Gasteiger partial charge in [-0.2, -0.15) is 0 Å². The zero-order valence-electron chi connectivity index (χ0n) is 8.26. The van der Waals surface area contributed by atoms with Gasteiger partial charge < -0.3 is 15.8 Å². The second kappa shape index (κ2) is 11.1. The summed E-state index contributed by atoms with van der Waals surface area (Å²) >= 11 is 0. The van der Waals surface area contributed by atoms with E-state index in [1.165, 1.54) is 0 Å². The minimum absolute atomic E-state index is 0. The Hall–Kier alpha value is 0.0664. The van der Waals surface area contributed by atoms with Crippen LogP contribution in [0, 0.1) is 0 Å². The SMILES string of the molecule is CCC[N-]C(=O)C([NH-])CC.[K+].[Rf]. The van der Waals surface area contributed by atoms with Crippen LogP contribution in [0.2, 0.25) is 0 Å². The zero-order chi connectivity index (χ0) is 7.98. The molecule has 0 aliphatic carbocycles. The molecule has 0 rings (SSSR count). The van der Waals surface area contributed by atoms with Gasteiger partial charge >= 0.3 is 51.4 Å². The molecule has 0 aromatic heterocycles. The first-order valence-electron chi connectivity index (χ1n) is 3.64. The minimum atomic E-state index is -0.633. The van der Waals surface area contributed by atoms with Crippen LogP contribution in [0.5, 0.6) is 0 Å². The summed E-state index contributed by atoms with van der Waals surface area (Å²) in [5.41, 5.74) is 7.16. The molecule has 0 heterocycles. The van der Waals surface area contributed by atoms with Gasteiger partial charge in [0.25, 0.3) is 0 Å². The van der Waals surface area contributed by atoms with Gasteiger partial charge in [-0.3, -0.25) is 0 Å². The first-order chi connectivity index (χ1) is 4.72. The van der Waals surface area contributed by atoms with E-state index in [0.717, 1.165) is 6.42 Å². The smallest absolute Gasteiger partial charge is 0.670 e. The molecule has 0 aromatic rings. The summed E-state index contributed by atoms with van der Waals surface area (Å²) in [6.45, 7) is 4.34. The van der Waals surface area contributed by atoms with Crippen molar-refractivity contribution < 1.29 is 56.2 Å². The zero-order valence-corrected chi connectivity index (χ0v) is 17.8. The summed E-state index contributed by atoms with van der Waals surface area (Å²) in [5, 5.41) is 3.69. The molecule has 1 amide bonds. The second-order valence-electron chi connectivity index (χ2n) is 2.18. The molecule has 1 N–H and O–H groups in total. The normalized spacial score (nSPS) is 10.6. The minimum Gasteiger partial charge on any atom is -0.670 e. The fraction of sp³-hybridized carbons (Fsp3) is 0.857. The van der Waals surface area contributed by atoms with E-state index in [1.54, 1.807) is 0 Å². The van der Waals surface area contributed by atoms with Crippen molar-refractivity contribution in [3.05, 3.63) is 11.1 Å². The fourth-order valence-corrected chi connectivity index (χ4v) is 0.507. The van der Waals surface area contributed by atoms with E-state index in [9.17, 15) is 4.79 Å². The number of rotatable bonds is 4. The first kappa shape index (κ1) is 18.0. The summed E-state index contributed by atoms with van der Waals surface area (Å²) in [4.78, 5) is 10.8. The summed E-state index contributed by atoms with van der Waals surface area (Å²) in [6, 6.07) is -0.633. The molecule has 0 saturated carbocycles. The molecule has 12 heavy (non-hydrogen) atoms. The van der Waals surface area contributed by atoms with Crippen LogP contribution >= 0.6 is 0 Å². The maximum absolute atomic E-state index is 10.8. The Morgan fingerprint density at radius 2 is 2.00 bits per heavy atom. The van der Waals surface area contributed by atoms with Crippen molar-refractivity contribution in [3.8, 4) is 0 Å². The van der Waals surface area contributed by atoms with Crippen LogP contribution in [0.4, 0.5) is 0 Å². The van der Waals surface area contributed by atoms with Crippen molar-refractivity contribution in [2.75, 3.05) is 6.54 Å². The van der Waals surface area contributed by atoms with Gasteiger partial charge in [0.15, 0.2) is 0 Å². The molecular formula is C7H14KN2ORf-. The van der Waals surface area contributed by atoms with E-state index in [-0.39, 0.29) is 57.3 Å². The molecule has 0 radical (unpaired) electrons. The van der Waals surface area contributed by atoms with Gasteiger partial charge in [-0.1, -0.05) is 32.7 Å². The predicted octanol–water partition coefficient (Wildman–Crippen LogP) is -0.868. The van der Waals surface area contributed by atoms with E-state index < -0.39 is 6.04 Å². The van der Waals surface area contributed by atoms with Crippen molar-refractivity contribution in [2.24, 2.45) is 0 Å². The fourth-order valence-electron chi connectivity index (χ4n) is 0.507. The molecule has 3 nitrogen and oxygen atoms in total. The van der Waals surface area contributed by atoms with Crippen LogP contribution < -0.4 is 51.4 Å². The van der Waals surface area contributed by atoms with E-state index in [2.05, 4.69) is 5.32 Å². The quantitative estimate of drug-likeness (QED) is 0.517. The van der Waals surface area contributed by atoms with Crippen molar-refractivity contribution >= 4 is 5.91 Å². The number of carbonyl (C=O) groups is 1. The molecule has 0 fully saturated rings. The maximum atomic E-state index is 10.8. The molecule has 62 valence electrons. The molecule has 5 heteroatoms. The van der Waals surface area contributed by atoms with Crippen LogP contribution in [0.15, 0.2) is 0 Å². The number of nitrogens with zero attached hydrogens (tertiary/aromatic N) is 1. The molecule has 0 aliphatic rings. The van der Waals surface area contributed by atoms with E-state index in [1.807, 2.05) is 13.8 Å². The number of nitrogens with one attached hydrogen (secondary N) is 1. The third-order valence-corrected chi connectivity index (χ3v) is 1.20. The van der Waals surface area contributed by atoms with Gasteiger partial charge in [-0.05, 0) is 0 Å². The molecule has 1 unspecified atom stereocenters. The predicted molar refractivity (Wildman–Crippen MR) is 41.9 cm³/mol. The van der Waals surface area contributed by atoms with Gasteiger partial charge in [0.2, 0.25) is 0 Å². The molecule has 0 aliphatic heterocycles.